The second-order valence-corrected chi connectivity index (χ2v) is 5.34. The summed E-state index contributed by atoms with van der Waals surface area (Å²) in [5, 5.41) is 7.50. The molecule has 0 aliphatic heterocycles. The van der Waals surface area contributed by atoms with E-state index in [9.17, 15) is 0 Å². The Bertz CT molecular complexity index is 344. The van der Waals surface area contributed by atoms with Crippen LogP contribution in [-0.2, 0) is 0 Å². The summed E-state index contributed by atoms with van der Waals surface area (Å²) in [5.41, 5.74) is 5.38. The number of rotatable bonds is 3. The van der Waals surface area contributed by atoms with Gasteiger partial charge < -0.3 is 5.41 Å². The summed E-state index contributed by atoms with van der Waals surface area (Å²) in [6.07, 6.45) is 3.19. The molecular weight excluding hydrogens is 182 g/mol. The lowest BCUT2D eigenvalue weighted by molar-refractivity contribution is 0.703. The van der Waals surface area contributed by atoms with Gasteiger partial charge in [-0.2, -0.15) is 0 Å². The minimum Gasteiger partial charge on any atom is -0.306 e. The summed E-state index contributed by atoms with van der Waals surface area (Å²) >= 11 is 0. The molecule has 0 aromatic heterocycles. The van der Waals surface area contributed by atoms with Crippen LogP contribution in [0.3, 0.4) is 0 Å². The zero-order valence-corrected chi connectivity index (χ0v) is 10.9. The third kappa shape index (κ3) is 2.39. The molecular formula is C14H23N. The maximum absolute atomic E-state index is 7.50. The molecule has 1 saturated carbocycles. The fraction of sp³-hybridized carbons (Fsp3) is 0.643. The molecule has 0 radical (unpaired) electrons. The van der Waals surface area contributed by atoms with E-state index in [0.29, 0.717) is 11.6 Å². The molecule has 1 heteroatoms. The Morgan fingerprint density at radius 1 is 1.33 bits per heavy atom. The Morgan fingerprint density at radius 2 is 1.87 bits per heavy atom. The predicted molar refractivity (Wildman–Crippen MR) is 67.4 cm³/mol. The van der Waals surface area contributed by atoms with Crippen molar-refractivity contribution in [2.24, 2.45) is 11.3 Å². The maximum atomic E-state index is 7.50. The Hall–Kier alpha value is -0.850. The highest BCUT2D eigenvalue weighted by atomic mass is 14.5. The Morgan fingerprint density at radius 3 is 2.27 bits per heavy atom. The highest BCUT2D eigenvalue weighted by molar-refractivity contribution is 5.91. The van der Waals surface area contributed by atoms with E-state index in [-0.39, 0.29) is 5.41 Å². The first-order chi connectivity index (χ1) is 6.79. The summed E-state index contributed by atoms with van der Waals surface area (Å²) < 4.78 is 0. The van der Waals surface area contributed by atoms with Crippen molar-refractivity contribution < 1.29 is 0 Å². The van der Waals surface area contributed by atoms with Crippen LogP contribution in [0, 0.1) is 16.7 Å². The van der Waals surface area contributed by atoms with E-state index in [2.05, 4.69) is 34.6 Å². The molecule has 1 rings (SSSR count). The first kappa shape index (κ1) is 12.2. The van der Waals surface area contributed by atoms with Gasteiger partial charge in [-0.05, 0) is 39.2 Å². The third-order valence-electron chi connectivity index (χ3n) is 3.72. The quantitative estimate of drug-likeness (QED) is 0.523. The number of hydrogen-bond acceptors (Lipinski definition) is 1. The fourth-order valence-corrected chi connectivity index (χ4v) is 2.09. The van der Waals surface area contributed by atoms with Crippen LogP contribution in [0.1, 0.15) is 48.0 Å². The van der Waals surface area contributed by atoms with E-state index < -0.39 is 0 Å². The molecule has 1 unspecified atom stereocenters. The van der Waals surface area contributed by atoms with Gasteiger partial charge in [-0.15, -0.1) is 0 Å². The Labute approximate surface area is 93.8 Å². The second kappa shape index (κ2) is 3.96. The van der Waals surface area contributed by atoms with Crippen molar-refractivity contribution in [1.82, 2.24) is 0 Å². The fourth-order valence-electron chi connectivity index (χ4n) is 2.09. The average Bonchev–Trinajstić information content (AvgIpc) is 2.77. The highest BCUT2D eigenvalue weighted by Gasteiger charge is 2.46. The molecule has 0 aromatic rings. The first-order valence-corrected chi connectivity index (χ1v) is 5.73. The highest BCUT2D eigenvalue weighted by Crippen LogP contribution is 2.59. The van der Waals surface area contributed by atoms with E-state index in [1.807, 2.05) is 13.0 Å². The van der Waals surface area contributed by atoms with Crippen LogP contribution in [0.25, 0.3) is 0 Å². The van der Waals surface area contributed by atoms with Gasteiger partial charge >= 0.3 is 0 Å². The molecule has 0 amide bonds. The molecule has 0 heterocycles. The van der Waals surface area contributed by atoms with Crippen LogP contribution in [0.4, 0.5) is 0 Å². The van der Waals surface area contributed by atoms with Gasteiger partial charge in [-0.25, -0.2) is 0 Å². The first-order valence-electron chi connectivity index (χ1n) is 5.73. The molecule has 1 fully saturated rings. The lowest BCUT2D eigenvalue weighted by Gasteiger charge is -2.11. The average molecular weight is 205 g/mol. The Balaban J connectivity index is 2.93. The van der Waals surface area contributed by atoms with Crippen molar-refractivity contribution in [3.05, 3.63) is 22.8 Å². The Kier molecular flexibility index (Phi) is 3.22. The van der Waals surface area contributed by atoms with Crippen molar-refractivity contribution in [3.63, 3.8) is 0 Å². The van der Waals surface area contributed by atoms with Gasteiger partial charge in [-0.1, -0.05) is 37.5 Å². The van der Waals surface area contributed by atoms with Gasteiger partial charge in [0, 0.05) is 11.1 Å². The summed E-state index contributed by atoms with van der Waals surface area (Å²) in [6, 6.07) is 0. The standard InChI is InChI=1S/C14H23N/c1-9(2)12(5)13-8-14(13,6)10(3)7-11(4)15/h7,9,15H,8H2,1-6H3/b10-7-,13-12-,15-11?. The van der Waals surface area contributed by atoms with Gasteiger partial charge in [0.2, 0.25) is 0 Å². The molecule has 0 spiro atoms. The SMILES string of the molecule is CC(=N)/C=C(/C)C1(C)C/C1=C(\C)C(C)C. The van der Waals surface area contributed by atoms with Crippen molar-refractivity contribution in [1.29, 1.82) is 5.41 Å². The van der Waals surface area contributed by atoms with Crippen molar-refractivity contribution in [2.45, 2.75) is 48.0 Å². The zero-order chi connectivity index (χ0) is 11.8. The number of allylic oxidation sites excluding steroid dienone is 4. The molecule has 15 heavy (non-hydrogen) atoms. The molecule has 0 bridgehead atoms. The number of hydrogen-bond donors (Lipinski definition) is 1. The molecule has 0 saturated heterocycles. The van der Waals surface area contributed by atoms with E-state index in [4.69, 9.17) is 5.41 Å². The topological polar surface area (TPSA) is 23.9 Å². The van der Waals surface area contributed by atoms with Gasteiger partial charge in [0.25, 0.3) is 0 Å². The smallest absolute Gasteiger partial charge is 0.0282 e. The van der Waals surface area contributed by atoms with Crippen LogP contribution >= 0.6 is 0 Å². The number of nitrogens with one attached hydrogen (secondary N) is 1. The summed E-state index contributed by atoms with van der Waals surface area (Å²) in [5.74, 6) is 0.649. The monoisotopic (exact) mass is 205 g/mol. The van der Waals surface area contributed by atoms with E-state index >= 15 is 0 Å². The van der Waals surface area contributed by atoms with Crippen LogP contribution < -0.4 is 0 Å². The second-order valence-electron chi connectivity index (χ2n) is 5.34. The van der Waals surface area contributed by atoms with E-state index in [1.165, 1.54) is 17.6 Å². The van der Waals surface area contributed by atoms with Gasteiger partial charge in [0.05, 0.1) is 0 Å². The van der Waals surface area contributed by atoms with Crippen molar-refractivity contribution >= 4 is 5.71 Å². The molecule has 1 atom stereocenters. The summed E-state index contributed by atoms with van der Waals surface area (Å²) in [6.45, 7) is 13.0. The lowest BCUT2D eigenvalue weighted by Crippen LogP contribution is -2.00. The van der Waals surface area contributed by atoms with Crippen molar-refractivity contribution in [3.8, 4) is 0 Å². The summed E-state index contributed by atoms with van der Waals surface area (Å²) in [7, 11) is 0. The molecule has 84 valence electrons. The largest absolute Gasteiger partial charge is 0.306 e. The minimum absolute atomic E-state index is 0.261. The zero-order valence-electron chi connectivity index (χ0n) is 10.9. The third-order valence-corrected chi connectivity index (χ3v) is 3.72. The van der Waals surface area contributed by atoms with Crippen LogP contribution in [-0.4, -0.2) is 5.71 Å². The van der Waals surface area contributed by atoms with Crippen LogP contribution in [0.15, 0.2) is 22.8 Å². The minimum atomic E-state index is 0.261. The van der Waals surface area contributed by atoms with Gasteiger partial charge in [-0.3, -0.25) is 0 Å². The van der Waals surface area contributed by atoms with Crippen molar-refractivity contribution in [2.75, 3.05) is 0 Å². The molecule has 1 N–H and O–H groups in total. The van der Waals surface area contributed by atoms with Gasteiger partial charge in [0.1, 0.15) is 0 Å². The predicted octanol–water partition coefficient (Wildman–Crippen LogP) is 4.35. The van der Waals surface area contributed by atoms with Crippen LogP contribution in [0.5, 0.6) is 0 Å². The molecule has 1 aliphatic rings. The lowest BCUT2D eigenvalue weighted by atomic mass is 9.94. The van der Waals surface area contributed by atoms with Crippen LogP contribution in [0.2, 0.25) is 0 Å². The molecule has 1 nitrogen and oxygen atoms in total. The normalized spacial score (nSPS) is 29.4. The van der Waals surface area contributed by atoms with Gasteiger partial charge in [0.15, 0.2) is 0 Å². The van der Waals surface area contributed by atoms with E-state index in [0.717, 1.165) is 0 Å². The van der Waals surface area contributed by atoms with E-state index in [1.54, 1.807) is 5.57 Å². The maximum Gasteiger partial charge on any atom is 0.0282 e. The molecule has 0 aromatic carbocycles. The summed E-state index contributed by atoms with van der Waals surface area (Å²) in [4.78, 5) is 0. The molecule has 1 aliphatic carbocycles.